The quantitative estimate of drug-likeness (QED) is 0.732. The number of amides is 3. The molecule has 2 aromatic carbocycles. The number of nitrogens with zero attached hydrogens (tertiary/aromatic N) is 1. The van der Waals surface area contributed by atoms with E-state index in [2.05, 4.69) is 37.2 Å². The Kier molecular flexibility index (Phi) is 4.29. The normalized spacial score (nSPS) is 20.7. The lowest BCUT2D eigenvalue weighted by Gasteiger charge is -2.23. The summed E-state index contributed by atoms with van der Waals surface area (Å²) in [5.41, 5.74) is 0.567. The lowest BCUT2D eigenvalue weighted by molar-refractivity contribution is -0.131. The molecule has 1 fully saturated rings. The fourth-order valence-electron chi connectivity index (χ4n) is 2.71. The standard InChI is InChI=1S/C17H14Br2N2O2/c1-17(13-7-2-3-8-14(13)19)15(22)21(16(23)20-17)10-11-5-4-6-12(18)9-11/h2-9H,10H2,1H3,(H,20,23)/t17-/m0/s1. The molecule has 4 nitrogen and oxygen atoms in total. The van der Waals surface area contributed by atoms with Crippen molar-refractivity contribution in [1.29, 1.82) is 0 Å². The Morgan fingerprint density at radius 1 is 1.09 bits per heavy atom. The molecule has 1 atom stereocenters. The van der Waals surface area contributed by atoms with Crippen LogP contribution < -0.4 is 5.32 Å². The van der Waals surface area contributed by atoms with Crippen LogP contribution in [-0.4, -0.2) is 16.8 Å². The molecule has 1 heterocycles. The van der Waals surface area contributed by atoms with Crippen LogP contribution in [0, 0.1) is 0 Å². The third-order valence-corrected chi connectivity index (χ3v) is 5.10. The number of imide groups is 1. The highest BCUT2D eigenvalue weighted by Crippen LogP contribution is 2.34. The van der Waals surface area contributed by atoms with Gasteiger partial charge < -0.3 is 5.32 Å². The van der Waals surface area contributed by atoms with Crippen LogP contribution in [0.1, 0.15) is 18.1 Å². The average molecular weight is 438 g/mol. The number of hydrogen-bond donors (Lipinski definition) is 1. The van der Waals surface area contributed by atoms with Crippen LogP contribution >= 0.6 is 31.9 Å². The van der Waals surface area contributed by atoms with Gasteiger partial charge in [-0.15, -0.1) is 0 Å². The van der Waals surface area contributed by atoms with Crippen LogP contribution in [-0.2, 0) is 16.9 Å². The molecule has 0 bridgehead atoms. The summed E-state index contributed by atoms with van der Waals surface area (Å²) in [6.07, 6.45) is 0. The van der Waals surface area contributed by atoms with E-state index in [1.165, 1.54) is 4.90 Å². The Labute approximate surface area is 151 Å². The predicted octanol–water partition coefficient (Wildman–Crippen LogP) is 4.18. The summed E-state index contributed by atoms with van der Waals surface area (Å²) in [4.78, 5) is 26.5. The topological polar surface area (TPSA) is 49.4 Å². The minimum absolute atomic E-state index is 0.240. The van der Waals surface area contributed by atoms with Crippen LogP contribution in [0.2, 0.25) is 0 Å². The maximum atomic E-state index is 12.9. The van der Waals surface area contributed by atoms with Gasteiger partial charge in [0.15, 0.2) is 0 Å². The van der Waals surface area contributed by atoms with Crippen LogP contribution in [0.25, 0.3) is 0 Å². The van der Waals surface area contributed by atoms with Gasteiger partial charge in [0, 0.05) is 14.5 Å². The first-order valence-electron chi connectivity index (χ1n) is 7.05. The third kappa shape index (κ3) is 2.93. The molecule has 1 aliphatic heterocycles. The van der Waals surface area contributed by atoms with E-state index in [-0.39, 0.29) is 18.5 Å². The van der Waals surface area contributed by atoms with Crippen molar-refractivity contribution in [2.24, 2.45) is 0 Å². The highest BCUT2D eigenvalue weighted by Gasteiger charge is 2.49. The highest BCUT2D eigenvalue weighted by molar-refractivity contribution is 9.10. The van der Waals surface area contributed by atoms with Crippen LogP contribution in [0.5, 0.6) is 0 Å². The van der Waals surface area contributed by atoms with Crippen molar-refractivity contribution in [3.63, 3.8) is 0 Å². The summed E-state index contributed by atoms with van der Waals surface area (Å²) in [5, 5.41) is 2.82. The first-order chi connectivity index (χ1) is 10.9. The fourth-order valence-corrected chi connectivity index (χ4v) is 3.84. The summed E-state index contributed by atoms with van der Waals surface area (Å²) in [6.45, 7) is 1.97. The lowest BCUT2D eigenvalue weighted by Crippen LogP contribution is -2.41. The Balaban J connectivity index is 1.92. The summed E-state index contributed by atoms with van der Waals surface area (Å²) >= 11 is 6.86. The highest BCUT2D eigenvalue weighted by atomic mass is 79.9. The van der Waals surface area contributed by atoms with Gasteiger partial charge >= 0.3 is 6.03 Å². The Morgan fingerprint density at radius 2 is 1.83 bits per heavy atom. The van der Waals surface area contributed by atoms with E-state index >= 15 is 0 Å². The number of rotatable bonds is 3. The van der Waals surface area contributed by atoms with E-state index in [9.17, 15) is 9.59 Å². The lowest BCUT2D eigenvalue weighted by atomic mass is 9.92. The molecular formula is C17H14Br2N2O2. The van der Waals surface area contributed by atoms with Crippen molar-refractivity contribution < 1.29 is 9.59 Å². The second kappa shape index (κ2) is 6.09. The molecular weight excluding hydrogens is 424 g/mol. The fraction of sp³-hybridized carbons (Fsp3) is 0.176. The average Bonchev–Trinajstić information content (AvgIpc) is 2.72. The molecule has 0 saturated carbocycles. The van der Waals surface area contributed by atoms with Gasteiger partial charge in [-0.1, -0.05) is 62.2 Å². The molecule has 1 N–H and O–H groups in total. The number of benzene rings is 2. The molecule has 118 valence electrons. The molecule has 0 aromatic heterocycles. The predicted molar refractivity (Wildman–Crippen MR) is 94.7 cm³/mol. The van der Waals surface area contributed by atoms with Gasteiger partial charge in [-0.3, -0.25) is 9.69 Å². The van der Waals surface area contributed by atoms with Gasteiger partial charge in [0.2, 0.25) is 0 Å². The number of nitrogens with one attached hydrogen (secondary N) is 1. The van der Waals surface area contributed by atoms with Crippen LogP contribution in [0.15, 0.2) is 57.5 Å². The zero-order valence-electron chi connectivity index (χ0n) is 12.3. The zero-order valence-corrected chi connectivity index (χ0v) is 15.5. The summed E-state index contributed by atoms with van der Waals surface area (Å²) < 4.78 is 1.70. The molecule has 0 aliphatic carbocycles. The maximum absolute atomic E-state index is 12.9. The molecule has 1 aliphatic rings. The van der Waals surface area contributed by atoms with E-state index in [1.54, 1.807) is 6.92 Å². The number of carbonyl (C=O) groups excluding carboxylic acids is 2. The smallest absolute Gasteiger partial charge is 0.319 e. The molecule has 1 saturated heterocycles. The first kappa shape index (κ1) is 16.2. The minimum Gasteiger partial charge on any atom is -0.319 e. The Bertz CT molecular complexity index is 794. The van der Waals surface area contributed by atoms with E-state index in [0.717, 1.165) is 20.1 Å². The minimum atomic E-state index is -1.07. The van der Waals surface area contributed by atoms with Gasteiger partial charge in [-0.05, 0) is 30.7 Å². The number of halogens is 2. The van der Waals surface area contributed by atoms with Crippen molar-refractivity contribution >= 4 is 43.8 Å². The van der Waals surface area contributed by atoms with Crippen LogP contribution in [0.3, 0.4) is 0 Å². The number of urea groups is 1. The second-order valence-corrected chi connectivity index (χ2v) is 7.33. The van der Waals surface area contributed by atoms with Gasteiger partial charge in [0.25, 0.3) is 5.91 Å². The van der Waals surface area contributed by atoms with Gasteiger partial charge in [0.1, 0.15) is 5.54 Å². The van der Waals surface area contributed by atoms with Crippen molar-refractivity contribution in [2.45, 2.75) is 19.0 Å². The zero-order chi connectivity index (χ0) is 16.6. The van der Waals surface area contributed by atoms with E-state index < -0.39 is 5.54 Å². The molecule has 2 aromatic rings. The van der Waals surface area contributed by atoms with Gasteiger partial charge in [0.05, 0.1) is 6.54 Å². The monoisotopic (exact) mass is 436 g/mol. The second-order valence-electron chi connectivity index (χ2n) is 5.56. The molecule has 0 spiro atoms. The molecule has 3 rings (SSSR count). The SMILES string of the molecule is C[C@@]1(c2ccccc2Br)NC(=O)N(Cc2cccc(Br)c2)C1=O. The largest absolute Gasteiger partial charge is 0.325 e. The molecule has 3 amide bonds. The Morgan fingerprint density at radius 3 is 2.52 bits per heavy atom. The first-order valence-corrected chi connectivity index (χ1v) is 8.64. The molecule has 0 unspecified atom stereocenters. The van der Waals surface area contributed by atoms with E-state index in [0.29, 0.717) is 0 Å². The Hall–Kier alpha value is -1.66. The number of hydrogen-bond acceptors (Lipinski definition) is 2. The van der Waals surface area contributed by atoms with Crippen molar-refractivity contribution in [1.82, 2.24) is 10.2 Å². The molecule has 0 radical (unpaired) electrons. The van der Waals surface area contributed by atoms with Gasteiger partial charge in [-0.2, -0.15) is 0 Å². The number of carbonyl (C=O) groups is 2. The third-order valence-electron chi connectivity index (χ3n) is 3.92. The summed E-state index contributed by atoms with van der Waals surface area (Å²) in [5.74, 6) is -0.255. The molecule has 6 heteroatoms. The molecule has 23 heavy (non-hydrogen) atoms. The van der Waals surface area contributed by atoms with Crippen molar-refractivity contribution in [3.05, 3.63) is 68.6 Å². The maximum Gasteiger partial charge on any atom is 0.325 e. The van der Waals surface area contributed by atoms with E-state index in [1.807, 2.05) is 48.5 Å². The van der Waals surface area contributed by atoms with Crippen molar-refractivity contribution in [3.8, 4) is 0 Å². The van der Waals surface area contributed by atoms with Crippen molar-refractivity contribution in [2.75, 3.05) is 0 Å². The van der Waals surface area contributed by atoms with Gasteiger partial charge in [-0.25, -0.2) is 4.79 Å². The summed E-state index contributed by atoms with van der Waals surface area (Å²) in [7, 11) is 0. The summed E-state index contributed by atoms with van der Waals surface area (Å²) in [6, 6.07) is 14.6. The van der Waals surface area contributed by atoms with E-state index in [4.69, 9.17) is 0 Å². The van der Waals surface area contributed by atoms with Crippen LogP contribution in [0.4, 0.5) is 4.79 Å².